The maximum absolute atomic E-state index is 12.4. The molecule has 5 heteroatoms. The predicted octanol–water partition coefficient (Wildman–Crippen LogP) is 1.26. The molecule has 1 aliphatic heterocycles. The number of fused-ring (bicyclic) bond motifs is 5. The highest BCUT2D eigenvalue weighted by molar-refractivity contribution is 6.06. The summed E-state index contributed by atoms with van der Waals surface area (Å²) < 4.78 is 0. The Balaban J connectivity index is 1.51. The fourth-order valence-electron chi connectivity index (χ4n) is 3.75. The second-order valence-corrected chi connectivity index (χ2v) is 5.65. The van der Waals surface area contributed by atoms with Crippen LogP contribution < -0.4 is 5.32 Å². The first-order chi connectivity index (χ1) is 9.75. The average molecular weight is 269 g/mol. The van der Waals surface area contributed by atoms with E-state index in [-0.39, 0.29) is 42.2 Å². The minimum absolute atomic E-state index is 0.0275. The Labute approximate surface area is 116 Å². The first-order valence-corrected chi connectivity index (χ1v) is 6.94. The summed E-state index contributed by atoms with van der Waals surface area (Å²) in [5, 5.41) is 3.04. The molecule has 4 atom stereocenters. The molecule has 1 saturated heterocycles. The zero-order valence-corrected chi connectivity index (χ0v) is 10.9. The first-order valence-electron chi connectivity index (χ1n) is 6.94. The third kappa shape index (κ3) is 1.52. The zero-order valence-electron chi connectivity index (χ0n) is 10.9. The molecule has 3 aliphatic rings. The molecule has 5 nitrogen and oxygen atoms in total. The fourth-order valence-corrected chi connectivity index (χ4v) is 3.75. The Kier molecular flexibility index (Phi) is 2.42. The summed E-state index contributed by atoms with van der Waals surface area (Å²) >= 11 is 0. The van der Waals surface area contributed by atoms with Gasteiger partial charge in [-0.2, -0.15) is 0 Å². The summed E-state index contributed by atoms with van der Waals surface area (Å²) in [6.07, 6.45) is 6.85. The maximum atomic E-state index is 12.4. The summed E-state index contributed by atoms with van der Waals surface area (Å²) in [7, 11) is 0. The second-order valence-electron chi connectivity index (χ2n) is 5.65. The number of nitrogens with one attached hydrogen (secondary N) is 1. The topological polar surface area (TPSA) is 62.3 Å². The van der Waals surface area contributed by atoms with E-state index in [9.17, 15) is 9.59 Å². The van der Waals surface area contributed by atoms with E-state index in [2.05, 4.69) is 22.5 Å². The van der Waals surface area contributed by atoms with Gasteiger partial charge in [-0.05, 0) is 30.4 Å². The monoisotopic (exact) mass is 269 g/mol. The number of anilines is 1. The Morgan fingerprint density at radius 1 is 1.15 bits per heavy atom. The minimum Gasteiger partial charge on any atom is -0.352 e. The molecule has 102 valence electrons. The van der Waals surface area contributed by atoms with Crippen molar-refractivity contribution >= 4 is 17.6 Å². The van der Waals surface area contributed by atoms with Crippen molar-refractivity contribution in [2.75, 3.05) is 12.0 Å². The lowest BCUT2D eigenvalue weighted by Gasteiger charge is -2.17. The number of carbonyl (C=O) groups is 2. The summed E-state index contributed by atoms with van der Waals surface area (Å²) in [6.45, 7) is 0.209. The van der Waals surface area contributed by atoms with E-state index in [0.29, 0.717) is 5.82 Å². The summed E-state index contributed by atoms with van der Waals surface area (Å²) in [6, 6.07) is 5.50. The molecule has 2 amide bonds. The third-order valence-electron chi connectivity index (χ3n) is 4.64. The largest absolute Gasteiger partial charge is 0.352 e. The van der Waals surface area contributed by atoms with Crippen molar-refractivity contribution in [3.63, 3.8) is 0 Å². The second kappa shape index (κ2) is 4.16. The lowest BCUT2D eigenvalue weighted by Crippen LogP contribution is -2.37. The smallest absolute Gasteiger partial charge is 0.235 e. The van der Waals surface area contributed by atoms with Crippen LogP contribution in [0.1, 0.15) is 6.42 Å². The van der Waals surface area contributed by atoms with Gasteiger partial charge < -0.3 is 5.32 Å². The summed E-state index contributed by atoms with van der Waals surface area (Å²) in [4.78, 5) is 30.3. The Hall–Kier alpha value is -2.17. The number of amides is 2. The molecule has 2 aliphatic carbocycles. The van der Waals surface area contributed by atoms with Gasteiger partial charge in [0.05, 0.1) is 18.5 Å². The molecule has 20 heavy (non-hydrogen) atoms. The van der Waals surface area contributed by atoms with E-state index in [1.807, 2.05) is 18.2 Å². The van der Waals surface area contributed by atoms with Crippen molar-refractivity contribution < 1.29 is 9.59 Å². The van der Waals surface area contributed by atoms with Gasteiger partial charge in [0.25, 0.3) is 0 Å². The molecule has 0 spiro atoms. The summed E-state index contributed by atoms with van der Waals surface area (Å²) in [5.74, 6) is 0.903. The SMILES string of the molecule is O=C1[C@@H]2[C@H](C(=O)N1CNc1ccccn1)[C@H]1C=C[C@@H]2C1. The van der Waals surface area contributed by atoms with Gasteiger partial charge in [0.1, 0.15) is 5.82 Å². The third-order valence-corrected chi connectivity index (χ3v) is 4.64. The highest BCUT2D eigenvalue weighted by Gasteiger charge is 2.59. The molecule has 2 heterocycles. The Bertz CT molecular complexity index is 568. The molecule has 1 aromatic heterocycles. The maximum Gasteiger partial charge on any atom is 0.235 e. The Morgan fingerprint density at radius 3 is 2.45 bits per heavy atom. The van der Waals surface area contributed by atoms with Crippen LogP contribution in [0.3, 0.4) is 0 Å². The molecular formula is C15H15N3O2. The van der Waals surface area contributed by atoms with Gasteiger partial charge in [-0.15, -0.1) is 0 Å². The standard InChI is InChI=1S/C15H15N3O2/c19-14-12-9-4-5-10(7-9)13(12)15(20)18(14)8-17-11-3-1-2-6-16-11/h1-6,9-10,12-13H,7-8H2,(H,16,17)/t9-,10+,12+,13-. The highest BCUT2D eigenvalue weighted by atomic mass is 16.2. The van der Waals surface area contributed by atoms with Crippen LogP contribution in [0.4, 0.5) is 5.82 Å². The molecule has 1 saturated carbocycles. The van der Waals surface area contributed by atoms with Crippen molar-refractivity contribution in [3.8, 4) is 0 Å². The minimum atomic E-state index is -0.122. The van der Waals surface area contributed by atoms with Gasteiger partial charge in [-0.25, -0.2) is 4.98 Å². The predicted molar refractivity (Wildman–Crippen MR) is 72.3 cm³/mol. The molecule has 2 fully saturated rings. The molecule has 0 unspecified atom stereocenters. The number of aromatic nitrogens is 1. The number of likely N-dealkylation sites (tertiary alicyclic amines) is 1. The van der Waals surface area contributed by atoms with Gasteiger partial charge in [0.2, 0.25) is 11.8 Å². The van der Waals surface area contributed by atoms with E-state index in [1.54, 1.807) is 6.20 Å². The molecule has 1 N–H and O–H groups in total. The molecule has 0 aromatic carbocycles. The number of imide groups is 1. The van der Waals surface area contributed by atoms with Gasteiger partial charge in [0.15, 0.2) is 0 Å². The molecular weight excluding hydrogens is 254 g/mol. The van der Waals surface area contributed by atoms with Gasteiger partial charge in [-0.3, -0.25) is 14.5 Å². The van der Waals surface area contributed by atoms with E-state index >= 15 is 0 Å². The summed E-state index contributed by atoms with van der Waals surface area (Å²) in [5.41, 5.74) is 0. The Morgan fingerprint density at radius 2 is 1.85 bits per heavy atom. The average Bonchev–Trinajstić information content (AvgIpc) is 3.13. The van der Waals surface area contributed by atoms with Gasteiger partial charge >= 0.3 is 0 Å². The van der Waals surface area contributed by atoms with E-state index in [4.69, 9.17) is 0 Å². The highest BCUT2D eigenvalue weighted by Crippen LogP contribution is 2.52. The number of carbonyl (C=O) groups excluding carboxylic acids is 2. The molecule has 1 aromatic rings. The van der Waals surface area contributed by atoms with Crippen molar-refractivity contribution in [2.24, 2.45) is 23.7 Å². The molecule has 0 radical (unpaired) electrons. The van der Waals surface area contributed by atoms with Crippen LogP contribution in [-0.4, -0.2) is 28.4 Å². The zero-order chi connectivity index (χ0) is 13.7. The number of hydrogen-bond donors (Lipinski definition) is 1. The number of nitrogens with zero attached hydrogens (tertiary/aromatic N) is 2. The number of rotatable bonds is 3. The van der Waals surface area contributed by atoms with Crippen molar-refractivity contribution in [2.45, 2.75) is 6.42 Å². The lowest BCUT2D eigenvalue weighted by molar-refractivity contribution is -0.140. The van der Waals surface area contributed by atoms with Crippen molar-refractivity contribution in [3.05, 3.63) is 36.5 Å². The van der Waals surface area contributed by atoms with Crippen LogP contribution in [0.2, 0.25) is 0 Å². The number of pyridine rings is 1. The van der Waals surface area contributed by atoms with Crippen LogP contribution in [0.15, 0.2) is 36.5 Å². The van der Waals surface area contributed by atoms with E-state index in [0.717, 1.165) is 6.42 Å². The number of hydrogen-bond acceptors (Lipinski definition) is 4. The van der Waals surface area contributed by atoms with E-state index in [1.165, 1.54) is 4.90 Å². The van der Waals surface area contributed by atoms with Crippen LogP contribution in [0, 0.1) is 23.7 Å². The van der Waals surface area contributed by atoms with Crippen LogP contribution in [0.25, 0.3) is 0 Å². The molecule has 2 bridgehead atoms. The van der Waals surface area contributed by atoms with Gasteiger partial charge in [0, 0.05) is 6.20 Å². The van der Waals surface area contributed by atoms with Crippen LogP contribution in [0.5, 0.6) is 0 Å². The fraction of sp³-hybridized carbons (Fsp3) is 0.400. The molecule has 4 rings (SSSR count). The lowest BCUT2D eigenvalue weighted by atomic mass is 9.85. The van der Waals surface area contributed by atoms with Crippen molar-refractivity contribution in [1.82, 2.24) is 9.88 Å². The quantitative estimate of drug-likeness (QED) is 0.663. The number of allylic oxidation sites excluding steroid dienone is 2. The first kappa shape index (κ1) is 11.6. The van der Waals surface area contributed by atoms with Crippen molar-refractivity contribution in [1.29, 1.82) is 0 Å². The van der Waals surface area contributed by atoms with Gasteiger partial charge in [-0.1, -0.05) is 18.2 Å². The van der Waals surface area contributed by atoms with E-state index < -0.39 is 0 Å². The van der Waals surface area contributed by atoms with Crippen LogP contribution >= 0.6 is 0 Å². The van der Waals surface area contributed by atoms with Crippen LogP contribution in [-0.2, 0) is 9.59 Å². The normalized spacial score (nSPS) is 33.9.